The fraction of sp³-hybridized carbons (Fsp3) is 0.800. The van der Waals surface area contributed by atoms with Crippen LogP contribution in [0.1, 0.15) is 0 Å². The summed E-state index contributed by atoms with van der Waals surface area (Å²) >= 11 is 0. The molecule has 4 nitrogen and oxygen atoms in total. The number of rotatable bonds is 0. The number of amides is 2. The minimum atomic E-state index is -1.36. The van der Waals surface area contributed by atoms with Crippen molar-refractivity contribution in [1.82, 2.24) is 4.90 Å². The maximum absolute atomic E-state index is 10.8. The Balaban J connectivity index is 2.40. The molecule has 0 bridgehead atoms. The largest absolute Gasteiger partial charge is 0.351 e. The lowest BCUT2D eigenvalue weighted by molar-refractivity contribution is 0.212. The third kappa shape index (κ3) is 1.74. The van der Waals surface area contributed by atoms with Crippen molar-refractivity contribution in [3.8, 4) is 0 Å². The van der Waals surface area contributed by atoms with E-state index in [9.17, 15) is 9.36 Å². The van der Waals surface area contributed by atoms with Crippen LogP contribution in [0.3, 0.4) is 0 Å². The molecule has 5 heteroatoms. The summed E-state index contributed by atoms with van der Waals surface area (Å²) in [5, 5.41) is 0. The number of primary amides is 1. The molecule has 1 aliphatic heterocycles. The Morgan fingerprint density at radius 3 is 2.30 bits per heavy atom. The maximum Gasteiger partial charge on any atom is 0.314 e. The molecule has 1 saturated heterocycles. The first-order chi connectivity index (χ1) is 4.70. The van der Waals surface area contributed by atoms with Gasteiger partial charge in [-0.2, -0.15) is 0 Å². The van der Waals surface area contributed by atoms with Gasteiger partial charge in [0.15, 0.2) is 0 Å². The van der Waals surface area contributed by atoms with Crippen LogP contribution < -0.4 is 5.73 Å². The highest BCUT2D eigenvalue weighted by molar-refractivity contribution is 7.44. The van der Waals surface area contributed by atoms with E-state index in [1.54, 1.807) is 0 Å². The fourth-order valence-corrected chi connectivity index (χ4v) is 2.27. The molecule has 1 heterocycles. The van der Waals surface area contributed by atoms with E-state index < -0.39 is 13.8 Å². The first kappa shape index (κ1) is 7.61. The van der Waals surface area contributed by atoms with Crippen LogP contribution in [0, 0.1) is 0 Å². The minimum absolute atomic E-state index is 0.394. The summed E-state index contributed by atoms with van der Waals surface area (Å²) in [5.74, 6) is 0. The highest BCUT2D eigenvalue weighted by Gasteiger charge is 2.16. The van der Waals surface area contributed by atoms with Gasteiger partial charge in [-0.3, -0.25) is 0 Å². The third-order valence-electron chi connectivity index (χ3n) is 1.63. The van der Waals surface area contributed by atoms with Gasteiger partial charge in [-0.25, -0.2) is 4.79 Å². The molecule has 0 aromatic heterocycles. The fourth-order valence-electron chi connectivity index (χ4n) is 0.977. The van der Waals surface area contributed by atoms with Crippen LogP contribution in [-0.2, 0) is 4.57 Å². The van der Waals surface area contributed by atoms with E-state index in [4.69, 9.17) is 5.73 Å². The predicted octanol–water partition coefficient (Wildman–Crippen LogP) is -0.0596. The first-order valence-corrected chi connectivity index (χ1v) is 5.08. The van der Waals surface area contributed by atoms with E-state index in [1.165, 1.54) is 4.90 Å². The van der Waals surface area contributed by atoms with Crippen LogP contribution in [0.25, 0.3) is 0 Å². The molecule has 0 radical (unpaired) electrons. The maximum atomic E-state index is 10.8. The second-order valence-corrected chi connectivity index (χ2v) is 4.44. The third-order valence-corrected chi connectivity index (χ3v) is 3.20. The molecule has 2 amide bonds. The van der Waals surface area contributed by atoms with Crippen LogP contribution in [0.5, 0.6) is 0 Å². The topological polar surface area (TPSA) is 63.4 Å². The van der Waals surface area contributed by atoms with Gasteiger partial charge in [0.1, 0.15) is 0 Å². The normalized spacial score (nSPS) is 21.0. The molecule has 0 aromatic rings. The highest BCUT2D eigenvalue weighted by Crippen LogP contribution is 2.23. The molecule has 58 valence electrons. The zero-order chi connectivity index (χ0) is 7.56. The monoisotopic (exact) mass is 162 g/mol. The smallest absolute Gasteiger partial charge is 0.314 e. The van der Waals surface area contributed by atoms with Gasteiger partial charge in [-0.05, 0) is 0 Å². The van der Waals surface area contributed by atoms with Crippen molar-refractivity contribution < 1.29 is 9.36 Å². The minimum Gasteiger partial charge on any atom is -0.351 e. The molecular formula is C5H11N2O2P. The average Bonchev–Trinajstić information content (AvgIpc) is 1.88. The highest BCUT2D eigenvalue weighted by atomic mass is 31.1. The molecule has 0 saturated carbocycles. The number of nitrogens with two attached hydrogens (primary N) is 1. The van der Waals surface area contributed by atoms with Gasteiger partial charge in [-0.1, -0.05) is 0 Å². The molecule has 10 heavy (non-hydrogen) atoms. The lowest BCUT2D eigenvalue weighted by atomic mass is 10.5. The van der Waals surface area contributed by atoms with Crippen LogP contribution in [-0.4, -0.2) is 36.3 Å². The van der Waals surface area contributed by atoms with E-state index in [0.717, 1.165) is 0 Å². The van der Waals surface area contributed by atoms with Gasteiger partial charge in [0.05, 0.1) is 7.80 Å². The van der Waals surface area contributed by atoms with Gasteiger partial charge in [0.2, 0.25) is 0 Å². The predicted molar refractivity (Wildman–Crippen MR) is 39.9 cm³/mol. The summed E-state index contributed by atoms with van der Waals surface area (Å²) in [6.07, 6.45) is 1.29. The number of carbonyl (C=O) groups excluding carboxylic acids is 1. The second-order valence-electron chi connectivity index (χ2n) is 2.36. The summed E-state index contributed by atoms with van der Waals surface area (Å²) in [6, 6.07) is -0.394. The Bertz CT molecular complexity index is 161. The molecule has 0 aromatic carbocycles. The Kier molecular flexibility index (Phi) is 2.33. The molecule has 0 aliphatic carbocycles. The summed E-state index contributed by atoms with van der Waals surface area (Å²) in [7, 11) is -1.36. The van der Waals surface area contributed by atoms with Crippen molar-refractivity contribution in [2.45, 2.75) is 0 Å². The molecular weight excluding hydrogens is 151 g/mol. The van der Waals surface area contributed by atoms with E-state index in [1.807, 2.05) is 0 Å². The van der Waals surface area contributed by atoms with Gasteiger partial charge in [0, 0.05) is 25.4 Å². The lowest BCUT2D eigenvalue weighted by Gasteiger charge is -2.24. The zero-order valence-electron chi connectivity index (χ0n) is 5.67. The molecule has 2 N–H and O–H groups in total. The zero-order valence-corrected chi connectivity index (χ0v) is 6.67. The summed E-state index contributed by atoms with van der Waals surface area (Å²) in [5.41, 5.74) is 5.01. The molecule has 0 unspecified atom stereocenters. The van der Waals surface area contributed by atoms with Gasteiger partial charge < -0.3 is 15.2 Å². The summed E-state index contributed by atoms with van der Waals surface area (Å²) < 4.78 is 10.8. The molecule has 0 atom stereocenters. The second kappa shape index (κ2) is 3.06. The van der Waals surface area contributed by atoms with Crippen LogP contribution in [0.2, 0.25) is 0 Å². The van der Waals surface area contributed by atoms with E-state index in [-0.39, 0.29) is 0 Å². The molecule has 1 fully saturated rings. The van der Waals surface area contributed by atoms with E-state index >= 15 is 0 Å². The van der Waals surface area contributed by atoms with Crippen LogP contribution >= 0.6 is 7.80 Å². The number of hydrogen-bond donors (Lipinski definition) is 1. The Morgan fingerprint density at radius 1 is 1.40 bits per heavy atom. The molecule has 1 aliphatic rings. The van der Waals surface area contributed by atoms with Crippen molar-refractivity contribution in [1.29, 1.82) is 0 Å². The number of hydrogen-bond acceptors (Lipinski definition) is 2. The average molecular weight is 162 g/mol. The van der Waals surface area contributed by atoms with Crippen LogP contribution in [0.15, 0.2) is 0 Å². The lowest BCUT2D eigenvalue weighted by Crippen LogP contribution is -2.41. The number of urea groups is 1. The quantitative estimate of drug-likeness (QED) is 0.507. The number of nitrogens with zero attached hydrogens (tertiary/aromatic N) is 1. The SMILES string of the molecule is NC(=O)N1CC[PH](=O)CC1. The molecule has 1 rings (SSSR count). The van der Waals surface area contributed by atoms with Crippen molar-refractivity contribution in [3.05, 3.63) is 0 Å². The van der Waals surface area contributed by atoms with Gasteiger partial charge in [-0.15, -0.1) is 0 Å². The van der Waals surface area contributed by atoms with Gasteiger partial charge in [0.25, 0.3) is 0 Å². The van der Waals surface area contributed by atoms with Crippen molar-refractivity contribution in [3.63, 3.8) is 0 Å². The van der Waals surface area contributed by atoms with Crippen LogP contribution in [0.4, 0.5) is 4.79 Å². The van der Waals surface area contributed by atoms with Crippen molar-refractivity contribution in [2.75, 3.05) is 25.4 Å². The summed E-state index contributed by atoms with van der Waals surface area (Å²) in [4.78, 5) is 12.1. The molecule has 0 spiro atoms. The first-order valence-electron chi connectivity index (χ1n) is 3.26. The van der Waals surface area contributed by atoms with E-state index in [2.05, 4.69) is 0 Å². The standard InChI is InChI=1S/C5H11N2O2P/c6-5(8)7-1-3-10(9)4-2-7/h10H,1-4H2,(H2,6,8). The van der Waals surface area contributed by atoms with E-state index in [0.29, 0.717) is 25.4 Å². The van der Waals surface area contributed by atoms with Gasteiger partial charge >= 0.3 is 6.03 Å². The summed E-state index contributed by atoms with van der Waals surface area (Å²) in [6.45, 7) is 1.15. The Hall–Kier alpha value is -0.500. The Morgan fingerprint density at radius 2 is 1.90 bits per heavy atom. The Labute approximate surface area is 60.2 Å². The van der Waals surface area contributed by atoms with Crippen molar-refractivity contribution >= 4 is 13.8 Å². The van der Waals surface area contributed by atoms with Crippen molar-refractivity contribution in [2.24, 2.45) is 5.73 Å². The number of carbonyl (C=O) groups is 1.